The van der Waals surface area contributed by atoms with Gasteiger partial charge in [0.05, 0.1) is 6.42 Å². The fraction of sp³-hybridized carbons (Fsp3) is 0.125. The molecule has 2 aromatic carbocycles. The molecule has 0 aliphatic heterocycles. The van der Waals surface area contributed by atoms with Gasteiger partial charge >= 0.3 is 5.97 Å². The molecule has 4 nitrogen and oxygen atoms in total. The summed E-state index contributed by atoms with van der Waals surface area (Å²) in [5, 5.41) is 16.9. The van der Waals surface area contributed by atoms with Gasteiger partial charge in [0.1, 0.15) is 5.84 Å². The molecule has 0 fully saturated rings. The standard InChI is InChI=1S/C16H16N2O2/c17-15(11-12-16(19)20)18(13-7-3-1-4-8-13)14-9-5-2-6-10-14/h1-10,17H,11-12H2,(H,19,20). The van der Waals surface area contributed by atoms with Crippen molar-refractivity contribution in [3.05, 3.63) is 60.7 Å². The molecule has 0 unspecified atom stereocenters. The molecule has 0 spiro atoms. The number of carboxylic acid groups (broad SMARTS) is 1. The maximum atomic E-state index is 10.7. The molecule has 0 saturated carbocycles. The van der Waals surface area contributed by atoms with Gasteiger partial charge in [-0.15, -0.1) is 0 Å². The smallest absolute Gasteiger partial charge is 0.303 e. The highest BCUT2D eigenvalue weighted by Crippen LogP contribution is 2.26. The monoisotopic (exact) mass is 268 g/mol. The number of para-hydroxylation sites is 2. The number of aliphatic carboxylic acids is 1. The minimum absolute atomic E-state index is 0.0466. The Morgan fingerprint density at radius 3 is 1.75 bits per heavy atom. The second-order valence-corrected chi connectivity index (χ2v) is 4.35. The SMILES string of the molecule is N=C(CCC(=O)O)N(c1ccccc1)c1ccccc1. The van der Waals surface area contributed by atoms with Crippen LogP contribution < -0.4 is 4.90 Å². The van der Waals surface area contributed by atoms with Gasteiger partial charge in [-0.2, -0.15) is 0 Å². The van der Waals surface area contributed by atoms with Crippen LogP contribution in [-0.2, 0) is 4.79 Å². The molecule has 0 bridgehead atoms. The van der Waals surface area contributed by atoms with Crippen LogP contribution in [0.3, 0.4) is 0 Å². The summed E-state index contributed by atoms with van der Waals surface area (Å²) in [5.74, 6) is -0.624. The lowest BCUT2D eigenvalue weighted by Gasteiger charge is -2.25. The number of hydrogen-bond donors (Lipinski definition) is 2. The van der Waals surface area contributed by atoms with Gasteiger partial charge in [-0.1, -0.05) is 36.4 Å². The zero-order valence-corrected chi connectivity index (χ0v) is 11.0. The highest BCUT2D eigenvalue weighted by atomic mass is 16.4. The Morgan fingerprint density at radius 2 is 1.35 bits per heavy atom. The van der Waals surface area contributed by atoms with Crippen LogP contribution in [-0.4, -0.2) is 16.9 Å². The van der Waals surface area contributed by atoms with Crippen molar-refractivity contribution >= 4 is 23.2 Å². The summed E-state index contributed by atoms with van der Waals surface area (Å²) < 4.78 is 0. The van der Waals surface area contributed by atoms with E-state index in [0.717, 1.165) is 11.4 Å². The van der Waals surface area contributed by atoms with Crippen molar-refractivity contribution in [1.29, 1.82) is 5.41 Å². The van der Waals surface area contributed by atoms with Gasteiger partial charge in [0, 0.05) is 17.8 Å². The molecule has 0 atom stereocenters. The molecule has 0 aliphatic rings. The third-order valence-electron chi connectivity index (χ3n) is 2.87. The van der Waals surface area contributed by atoms with E-state index < -0.39 is 5.97 Å². The Morgan fingerprint density at radius 1 is 0.900 bits per heavy atom. The van der Waals surface area contributed by atoms with E-state index in [1.807, 2.05) is 60.7 Å². The maximum absolute atomic E-state index is 10.7. The van der Waals surface area contributed by atoms with E-state index in [-0.39, 0.29) is 18.7 Å². The Hall–Kier alpha value is -2.62. The molecule has 2 aromatic rings. The minimum atomic E-state index is -0.893. The Labute approximate surface area is 117 Å². The number of benzene rings is 2. The van der Waals surface area contributed by atoms with Crippen molar-refractivity contribution in [3.8, 4) is 0 Å². The number of rotatable bonds is 5. The quantitative estimate of drug-likeness (QED) is 0.642. The molecule has 20 heavy (non-hydrogen) atoms. The molecule has 0 saturated heterocycles. The van der Waals surface area contributed by atoms with E-state index in [1.54, 1.807) is 4.90 Å². The predicted octanol–water partition coefficient (Wildman–Crippen LogP) is 3.67. The van der Waals surface area contributed by atoms with Gasteiger partial charge in [0.25, 0.3) is 0 Å². The molecule has 0 aliphatic carbocycles. The highest BCUT2D eigenvalue weighted by Gasteiger charge is 2.15. The molecule has 4 heteroatoms. The van der Waals surface area contributed by atoms with Crippen LogP contribution in [0.25, 0.3) is 0 Å². The van der Waals surface area contributed by atoms with Gasteiger partial charge in [-0.25, -0.2) is 0 Å². The number of carboxylic acids is 1. The molecule has 0 heterocycles. The van der Waals surface area contributed by atoms with Crippen molar-refractivity contribution in [1.82, 2.24) is 0 Å². The lowest BCUT2D eigenvalue weighted by Crippen LogP contribution is -2.25. The van der Waals surface area contributed by atoms with Gasteiger partial charge in [-0.05, 0) is 24.3 Å². The van der Waals surface area contributed by atoms with Crippen LogP contribution in [0, 0.1) is 5.41 Å². The number of carbonyl (C=O) groups is 1. The molecular formula is C16H16N2O2. The van der Waals surface area contributed by atoms with E-state index >= 15 is 0 Å². The largest absolute Gasteiger partial charge is 0.481 e. The first-order valence-electron chi connectivity index (χ1n) is 6.38. The highest BCUT2D eigenvalue weighted by molar-refractivity contribution is 6.03. The van der Waals surface area contributed by atoms with Crippen LogP contribution in [0.5, 0.6) is 0 Å². The van der Waals surface area contributed by atoms with Gasteiger partial charge in [0.2, 0.25) is 0 Å². The summed E-state index contributed by atoms with van der Waals surface area (Å²) in [6.07, 6.45) is 0.147. The molecule has 0 amide bonds. The Balaban J connectivity index is 2.30. The minimum Gasteiger partial charge on any atom is -0.481 e. The van der Waals surface area contributed by atoms with Crippen LogP contribution in [0.15, 0.2) is 60.7 Å². The van der Waals surface area contributed by atoms with Crippen molar-refractivity contribution in [2.24, 2.45) is 0 Å². The van der Waals surface area contributed by atoms with E-state index in [0.29, 0.717) is 0 Å². The summed E-state index contributed by atoms with van der Waals surface area (Å²) >= 11 is 0. The van der Waals surface area contributed by atoms with Crippen LogP contribution in [0.1, 0.15) is 12.8 Å². The van der Waals surface area contributed by atoms with E-state index in [1.165, 1.54) is 0 Å². The van der Waals surface area contributed by atoms with Crippen molar-refractivity contribution in [2.45, 2.75) is 12.8 Å². The molecule has 0 aromatic heterocycles. The van der Waals surface area contributed by atoms with Crippen molar-refractivity contribution in [3.63, 3.8) is 0 Å². The van der Waals surface area contributed by atoms with Crippen molar-refractivity contribution in [2.75, 3.05) is 4.90 Å². The van der Waals surface area contributed by atoms with Gasteiger partial charge in [0.15, 0.2) is 0 Å². The lowest BCUT2D eigenvalue weighted by molar-refractivity contribution is -0.136. The fourth-order valence-electron chi connectivity index (χ4n) is 1.95. The number of amidine groups is 1. The first-order chi connectivity index (χ1) is 9.68. The van der Waals surface area contributed by atoms with Crippen LogP contribution in [0.4, 0.5) is 11.4 Å². The Bertz CT molecular complexity index is 542. The zero-order valence-electron chi connectivity index (χ0n) is 11.0. The first-order valence-corrected chi connectivity index (χ1v) is 6.38. The van der Waals surface area contributed by atoms with E-state index in [4.69, 9.17) is 10.5 Å². The summed E-state index contributed by atoms with van der Waals surface area (Å²) in [7, 11) is 0. The maximum Gasteiger partial charge on any atom is 0.303 e. The second kappa shape index (κ2) is 6.52. The Kier molecular flexibility index (Phi) is 4.50. The molecular weight excluding hydrogens is 252 g/mol. The zero-order chi connectivity index (χ0) is 14.4. The topological polar surface area (TPSA) is 64.4 Å². The number of nitrogens with one attached hydrogen (secondary N) is 1. The lowest BCUT2D eigenvalue weighted by atomic mass is 10.2. The van der Waals surface area contributed by atoms with Crippen LogP contribution in [0.2, 0.25) is 0 Å². The second-order valence-electron chi connectivity index (χ2n) is 4.35. The summed E-state index contributed by atoms with van der Waals surface area (Å²) in [5.41, 5.74) is 1.71. The number of hydrogen-bond acceptors (Lipinski definition) is 2. The van der Waals surface area contributed by atoms with Crippen molar-refractivity contribution < 1.29 is 9.90 Å². The molecule has 0 radical (unpaired) electrons. The molecule has 2 rings (SSSR count). The van der Waals surface area contributed by atoms with Gasteiger partial charge < -0.3 is 5.11 Å². The average molecular weight is 268 g/mol. The number of anilines is 2. The average Bonchev–Trinajstić information content (AvgIpc) is 2.48. The van der Waals surface area contributed by atoms with Gasteiger partial charge in [-0.3, -0.25) is 15.1 Å². The first kappa shape index (κ1) is 13.8. The summed E-state index contributed by atoms with van der Waals surface area (Å²) in [4.78, 5) is 12.5. The van der Waals surface area contributed by atoms with E-state index in [9.17, 15) is 4.79 Å². The van der Waals surface area contributed by atoms with Crippen LogP contribution >= 0.6 is 0 Å². The third-order valence-corrected chi connectivity index (χ3v) is 2.87. The molecule has 2 N–H and O–H groups in total. The summed E-state index contributed by atoms with van der Waals surface area (Å²) in [6.45, 7) is 0. The summed E-state index contributed by atoms with van der Waals surface area (Å²) in [6, 6.07) is 19.0. The normalized spacial score (nSPS) is 10.0. The predicted molar refractivity (Wildman–Crippen MR) is 79.6 cm³/mol. The number of nitrogens with zero attached hydrogens (tertiary/aromatic N) is 1. The van der Waals surface area contributed by atoms with E-state index in [2.05, 4.69) is 0 Å². The third kappa shape index (κ3) is 3.45. The molecule has 102 valence electrons. The fourth-order valence-corrected chi connectivity index (χ4v) is 1.95.